The second kappa shape index (κ2) is 12.6. The van der Waals surface area contributed by atoms with Crippen molar-refractivity contribution in [2.45, 2.75) is 13.2 Å². The molecule has 0 saturated carbocycles. The Hall–Kier alpha value is -3.04. The molecule has 188 valence electrons. The Morgan fingerprint density at radius 1 is 0.886 bits per heavy atom. The Balaban J connectivity index is 0.00000432. The van der Waals surface area contributed by atoms with Gasteiger partial charge in [-0.2, -0.15) is 0 Å². The number of phosphoric acid groups is 1. The second-order valence-electron chi connectivity index (χ2n) is 7.01. The molecule has 3 aromatic rings. The maximum absolute atomic E-state index is 12.4. The first-order valence-corrected chi connectivity index (χ1v) is 11.9. The van der Waals surface area contributed by atoms with E-state index in [0.29, 0.717) is 33.0 Å². The number of aliphatic hydroxyl groups excluding tert-OH is 2. The van der Waals surface area contributed by atoms with Crippen LogP contribution in [0.5, 0.6) is 23.0 Å². The predicted molar refractivity (Wildman–Crippen MR) is 133 cm³/mol. The molecule has 0 heterocycles. The van der Waals surface area contributed by atoms with Crippen LogP contribution in [0.1, 0.15) is 22.3 Å². The molecule has 0 bridgehead atoms. The molecule has 0 saturated heterocycles. The number of hydrogen-bond acceptors (Lipinski definition) is 8. The molecule has 0 spiro atoms. The zero-order valence-electron chi connectivity index (χ0n) is 19.4. The largest absolute Gasteiger partial charge is 0.736 e. The molecule has 0 aliphatic heterocycles. The Bertz CT molecular complexity index is 1210. The maximum Gasteiger partial charge on any atom is 0.372 e. The van der Waals surface area contributed by atoms with Gasteiger partial charge < -0.3 is 39.8 Å². The zero-order valence-corrected chi connectivity index (χ0v) is 21.1. The summed E-state index contributed by atoms with van der Waals surface area (Å²) in [7, 11) is -1.94. The Kier molecular flexibility index (Phi) is 10.2. The van der Waals surface area contributed by atoms with Gasteiger partial charge in [0.05, 0.1) is 27.4 Å². The van der Waals surface area contributed by atoms with Crippen molar-refractivity contribution in [3.05, 3.63) is 81.9 Å². The molecule has 11 heteroatoms. The molecule has 0 amide bonds. The molecule has 0 aromatic heterocycles. The van der Waals surface area contributed by atoms with E-state index in [4.69, 9.17) is 30.1 Å². The summed E-state index contributed by atoms with van der Waals surface area (Å²) in [5.74, 6) is 0.590. The molecule has 1 unspecified atom stereocenters. The fourth-order valence-corrected chi connectivity index (χ4v) is 4.15. The minimum Gasteiger partial charge on any atom is -0.736 e. The fraction of sp³-hybridized carbons (Fsp3) is 0.167. The third-order valence-corrected chi connectivity index (χ3v) is 5.84. The monoisotopic (exact) mass is 523 g/mol. The van der Waals surface area contributed by atoms with Gasteiger partial charge in [-0.05, 0) is 59.2 Å². The van der Waals surface area contributed by atoms with E-state index in [9.17, 15) is 19.7 Å². The third-order valence-electron chi connectivity index (χ3n) is 4.75. The molecule has 0 fully saturated rings. The minimum absolute atomic E-state index is 0. The molecule has 3 rings (SSSR count). The lowest BCUT2D eigenvalue weighted by molar-refractivity contribution is -0.208. The van der Waals surface area contributed by atoms with Crippen molar-refractivity contribution in [2.75, 3.05) is 14.2 Å². The van der Waals surface area contributed by atoms with Crippen LogP contribution in [0.15, 0.2) is 54.6 Å². The van der Waals surface area contributed by atoms with Crippen LogP contribution in [0.25, 0.3) is 12.2 Å². The van der Waals surface area contributed by atoms with E-state index in [0.717, 1.165) is 0 Å². The van der Waals surface area contributed by atoms with Crippen LogP contribution in [-0.4, -0.2) is 24.4 Å². The Morgan fingerprint density at radius 2 is 1.57 bits per heavy atom. The van der Waals surface area contributed by atoms with Crippen LogP contribution in [0.4, 0.5) is 0 Å². The first-order valence-electron chi connectivity index (χ1n) is 10.0. The number of hydrogen-bond donors (Lipinski definition) is 3. The molecular formula is C24H27ClNO8P. The first kappa shape index (κ1) is 28.2. The number of benzene rings is 3. The van der Waals surface area contributed by atoms with Gasteiger partial charge in [0.25, 0.3) is 0 Å². The molecule has 0 aliphatic rings. The van der Waals surface area contributed by atoms with Gasteiger partial charge in [-0.3, -0.25) is 0 Å². The van der Waals surface area contributed by atoms with E-state index in [1.165, 1.54) is 32.4 Å². The van der Waals surface area contributed by atoms with Gasteiger partial charge in [-0.25, -0.2) is 4.57 Å². The van der Waals surface area contributed by atoms with E-state index in [1.54, 1.807) is 48.6 Å². The van der Waals surface area contributed by atoms with Gasteiger partial charge in [-0.1, -0.05) is 35.9 Å². The topological polar surface area (TPSA) is 154 Å². The van der Waals surface area contributed by atoms with Gasteiger partial charge in [0.15, 0.2) is 11.5 Å². The normalized spacial score (nSPS) is 12.5. The average molecular weight is 524 g/mol. The number of phosphoric ester groups is 1. The highest BCUT2D eigenvalue weighted by Crippen LogP contribution is 2.44. The second-order valence-corrected chi connectivity index (χ2v) is 8.70. The summed E-state index contributed by atoms with van der Waals surface area (Å²) in [6.45, 7) is -0.533. The summed E-state index contributed by atoms with van der Waals surface area (Å²) in [5.41, 5.74) is 2.35. The summed E-state index contributed by atoms with van der Waals surface area (Å²) in [6, 6.07) is 14.1. The highest BCUT2D eigenvalue weighted by molar-refractivity contribution is 7.46. The van der Waals surface area contributed by atoms with Crippen molar-refractivity contribution in [3.8, 4) is 23.0 Å². The van der Waals surface area contributed by atoms with E-state index in [1.807, 2.05) is 0 Å². The molecular weight excluding hydrogens is 497 g/mol. The van der Waals surface area contributed by atoms with Gasteiger partial charge in [0, 0.05) is 10.6 Å². The van der Waals surface area contributed by atoms with Crippen molar-refractivity contribution < 1.29 is 38.2 Å². The van der Waals surface area contributed by atoms with Gasteiger partial charge in [0.2, 0.25) is 0 Å². The van der Waals surface area contributed by atoms with Crippen molar-refractivity contribution in [1.29, 1.82) is 0 Å². The third kappa shape index (κ3) is 7.47. The van der Waals surface area contributed by atoms with Crippen LogP contribution in [0.2, 0.25) is 5.02 Å². The average Bonchev–Trinajstić information content (AvgIpc) is 2.81. The van der Waals surface area contributed by atoms with E-state index in [-0.39, 0.29) is 36.6 Å². The summed E-state index contributed by atoms with van der Waals surface area (Å²) in [4.78, 5) is 12.4. The lowest BCUT2D eigenvalue weighted by Crippen LogP contribution is -2.13. The molecule has 35 heavy (non-hydrogen) atoms. The summed E-state index contributed by atoms with van der Waals surface area (Å²) < 4.78 is 33.1. The van der Waals surface area contributed by atoms with E-state index in [2.05, 4.69) is 0 Å². The highest BCUT2D eigenvalue weighted by atomic mass is 35.5. The highest BCUT2D eigenvalue weighted by Gasteiger charge is 2.17. The molecule has 6 N–H and O–H groups in total. The van der Waals surface area contributed by atoms with Crippen molar-refractivity contribution in [2.24, 2.45) is 0 Å². The molecule has 9 nitrogen and oxygen atoms in total. The number of quaternary nitrogens is 1. The first-order chi connectivity index (χ1) is 16.3. The Morgan fingerprint density at radius 3 is 2.20 bits per heavy atom. The smallest absolute Gasteiger partial charge is 0.372 e. The molecule has 0 radical (unpaired) electrons. The van der Waals surface area contributed by atoms with Gasteiger partial charge >= 0.3 is 7.82 Å². The minimum atomic E-state index is -4.80. The maximum atomic E-state index is 12.4. The summed E-state index contributed by atoms with van der Waals surface area (Å²) >= 11 is 5.87. The Labute approximate surface area is 208 Å². The van der Waals surface area contributed by atoms with Gasteiger partial charge in [-0.15, -0.1) is 0 Å². The fourth-order valence-electron chi connectivity index (χ4n) is 3.18. The van der Waals surface area contributed by atoms with Crippen molar-refractivity contribution in [1.82, 2.24) is 6.15 Å². The van der Waals surface area contributed by atoms with Crippen molar-refractivity contribution >= 4 is 31.6 Å². The van der Waals surface area contributed by atoms with Crippen LogP contribution in [0, 0.1) is 0 Å². The standard InChI is InChI=1S/C24H24ClO8P.H3N/c1-30-22-9-8-16(6-7-17-10-18(14-26)21(15-27)23(12-17)31-2)11-24(22)33-34(28,29)32-20-5-3-4-19(25)13-20;/h3-13,26-27H,14-15H2,1-2H3,(H,28,29);1H3/b7-6-;. The van der Waals surface area contributed by atoms with Crippen LogP contribution < -0.4 is 29.6 Å². The van der Waals surface area contributed by atoms with E-state index >= 15 is 0 Å². The number of halogens is 1. The van der Waals surface area contributed by atoms with Crippen LogP contribution in [0.3, 0.4) is 0 Å². The van der Waals surface area contributed by atoms with Gasteiger partial charge in [0.1, 0.15) is 11.5 Å². The summed E-state index contributed by atoms with van der Waals surface area (Å²) in [5, 5.41) is 19.5. The molecule has 3 aromatic carbocycles. The number of ether oxygens (including phenoxy) is 2. The number of aliphatic hydroxyl groups is 2. The van der Waals surface area contributed by atoms with E-state index < -0.39 is 7.82 Å². The lowest BCUT2D eigenvalue weighted by atomic mass is 10.0. The molecule has 1 atom stereocenters. The van der Waals surface area contributed by atoms with Crippen LogP contribution >= 0.6 is 19.4 Å². The van der Waals surface area contributed by atoms with Crippen molar-refractivity contribution in [3.63, 3.8) is 0 Å². The SMILES string of the molecule is COc1ccc(/C=C\c2cc(CO)c(CO)c(OC)c2)cc1OP(=O)([O-])Oc1cccc(Cl)c1.[NH4+]. The number of methoxy groups -OCH3 is 2. The van der Waals surface area contributed by atoms with Crippen LogP contribution in [-0.2, 0) is 17.8 Å². The number of rotatable bonds is 10. The lowest BCUT2D eigenvalue weighted by Gasteiger charge is -2.24. The zero-order chi connectivity index (χ0) is 24.7. The summed E-state index contributed by atoms with van der Waals surface area (Å²) in [6.07, 6.45) is 3.46. The molecule has 0 aliphatic carbocycles. The predicted octanol–water partition coefficient (Wildman–Crippen LogP) is 4.81. The quantitative estimate of drug-likeness (QED) is 0.252.